The number of ether oxygens (including phenoxy) is 2. The van der Waals surface area contributed by atoms with Crippen molar-refractivity contribution >= 4 is 5.78 Å². The lowest BCUT2D eigenvalue weighted by atomic mass is 9.84. The molecule has 2 aliphatic rings. The van der Waals surface area contributed by atoms with Gasteiger partial charge in [-0.1, -0.05) is 6.42 Å². The van der Waals surface area contributed by atoms with E-state index in [0.717, 1.165) is 17.4 Å². The van der Waals surface area contributed by atoms with E-state index in [1.807, 2.05) is 12.1 Å². The number of methoxy groups -OCH3 is 2. The summed E-state index contributed by atoms with van der Waals surface area (Å²) in [4.78, 5) is 12.4. The molecule has 2 fully saturated rings. The molecule has 1 aromatic rings. The van der Waals surface area contributed by atoms with Gasteiger partial charge in [0.1, 0.15) is 0 Å². The van der Waals surface area contributed by atoms with Gasteiger partial charge < -0.3 is 9.47 Å². The minimum absolute atomic E-state index is 0.239. The lowest BCUT2D eigenvalue weighted by Crippen LogP contribution is -2.15. The van der Waals surface area contributed by atoms with Crippen LogP contribution in [0.4, 0.5) is 0 Å². The fourth-order valence-corrected chi connectivity index (χ4v) is 3.99. The Hall–Kier alpha value is -1.51. The van der Waals surface area contributed by atoms with E-state index in [0.29, 0.717) is 23.8 Å². The molecule has 3 atom stereocenters. The van der Waals surface area contributed by atoms with Crippen LogP contribution in [0, 0.1) is 17.8 Å². The molecule has 0 N–H and O–H groups in total. The Morgan fingerprint density at radius 2 is 1.95 bits per heavy atom. The van der Waals surface area contributed by atoms with Gasteiger partial charge in [-0.15, -0.1) is 0 Å². The van der Waals surface area contributed by atoms with Crippen molar-refractivity contribution in [3.05, 3.63) is 23.8 Å². The van der Waals surface area contributed by atoms with Crippen LogP contribution in [0.5, 0.6) is 11.5 Å². The Balaban J connectivity index is 1.71. The van der Waals surface area contributed by atoms with Gasteiger partial charge in [-0.25, -0.2) is 0 Å². The van der Waals surface area contributed by atoms with Gasteiger partial charge in [0.05, 0.1) is 14.2 Å². The summed E-state index contributed by atoms with van der Waals surface area (Å²) in [5.74, 6) is 3.83. The first-order chi connectivity index (χ1) is 9.71. The molecule has 0 aliphatic heterocycles. The van der Waals surface area contributed by atoms with Gasteiger partial charge in [-0.3, -0.25) is 4.79 Å². The number of benzene rings is 1. The van der Waals surface area contributed by atoms with Crippen molar-refractivity contribution in [3.8, 4) is 11.5 Å². The van der Waals surface area contributed by atoms with Crippen LogP contribution in [-0.2, 0) is 0 Å². The highest BCUT2D eigenvalue weighted by molar-refractivity contribution is 5.96. The summed E-state index contributed by atoms with van der Waals surface area (Å²) < 4.78 is 10.5. The van der Waals surface area contributed by atoms with Gasteiger partial charge in [0.25, 0.3) is 0 Å². The molecule has 20 heavy (non-hydrogen) atoms. The molecule has 0 saturated heterocycles. The van der Waals surface area contributed by atoms with Gasteiger partial charge in [-0.05, 0) is 55.2 Å². The van der Waals surface area contributed by atoms with E-state index >= 15 is 0 Å². The number of Topliss-reactive ketones (excluding diaryl/α,β-unsaturated/α-hetero) is 1. The molecule has 0 amide bonds. The number of rotatable bonds is 5. The molecule has 0 radical (unpaired) electrons. The van der Waals surface area contributed by atoms with E-state index in [9.17, 15) is 4.79 Å². The summed E-state index contributed by atoms with van der Waals surface area (Å²) in [6, 6.07) is 5.46. The van der Waals surface area contributed by atoms with E-state index in [4.69, 9.17) is 9.47 Å². The first-order valence-corrected chi connectivity index (χ1v) is 7.46. The summed E-state index contributed by atoms with van der Waals surface area (Å²) in [5.41, 5.74) is 0.741. The number of hydrogen-bond acceptors (Lipinski definition) is 3. The van der Waals surface area contributed by atoms with Crippen LogP contribution in [0.1, 0.15) is 42.5 Å². The van der Waals surface area contributed by atoms with E-state index < -0.39 is 0 Å². The normalized spacial score (nSPS) is 27.6. The van der Waals surface area contributed by atoms with Crippen LogP contribution in [0.3, 0.4) is 0 Å². The summed E-state index contributed by atoms with van der Waals surface area (Å²) in [5, 5.41) is 0. The van der Waals surface area contributed by atoms with Crippen LogP contribution in [0.25, 0.3) is 0 Å². The summed E-state index contributed by atoms with van der Waals surface area (Å²) in [6.07, 6.45) is 6.00. The smallest absolute Gasteiger partial charge is 0.163 e. The summed E-state index contributed by atoms with van der Waals surface area (Å²) >= 11 is 0. The average Bonchev–Trinajstić information content (AvgIpc) is 3.09. The molecular formula is C17H22O3. The van der Waals surface area contributed by atoms with Crippen molar-refractivity contribution in [2.24, 2.45) is 17.8 Å². The molecular weight excluding hydrogens is 252 g/mol. The number of fused-ring (bicyclic) bond motifs is 2. The fraction of sp³-hybridized carbons (Fsp3) is 0.588. The van der Waals surface area contributed by atoms with Crippen molar-refractivity contribution < 1.29 is 14.3 Å². The molecule has 0 aromatic heterocycles. The van der Waals surface area contributed by atoms with Crippen molar-refractivity contribution in [1.82, 2.24) is 0 Å². The maximum atomic E-state index is 12.4. The first-order valence-electron chi connectivity index (χ1n) is 7.46. The van der Waals surface area contributed by atoms with Crippen LogP contribution in [0.2, 0.25) is 0 Å². The van der Waals surface area contributed by atoms with Crippen LogP contribution < -0.4 is 9.47 Å². The molecule has 3 unspecified atom stereocenters. The Kier molecular flexibility index (Phi) is 3.68. The topological polar surface area (TPSA) is 35.5 Å². The molecule has 108 valence electrons. The number of carbonyl (C=O) groups excluding carboxylic acids is 1. The predicted octanol–water partition coefficient (Wildman–Crippen LogP) is 3.71. The number of carbonyl (C=O) groups is 1. The SMILES string of the molecule is COc1ccc(C(=O)CC2CC3CCC2C3)cc1OC. The number of ketones is 1. The van der Waals surface area contributed by atoms with E-state index in [1.165, 1.54) is 25.7 Å². The second kappa shape index (κ2) is 5.47. The lowest BCUT2D eigenvalue weighted by Gasteiger charge is -2.20. The maximum absolute atomic E-state index is 12.4. The van der Waals surface area contributed by atoms with E-state index in [1.54, 1.807) is 20.3 Å². The molecule has 2 bridgehead atoms. The van der Waals surface area contributed by atoms with Gasteiger partial charge in [0, 0.05) is 12.0 Å². The zero-order valence-corrected chi connectivity index (χ0v) is 12.2. The molecule has 2 saturated carbocycles. The third-order valence-electron chi connectivity index (χ3n) is 5.04. The van der Waals surface area contributed by atoms with E-state index in [-0.39, 0.29) is 5.78 Å². The second-order valence-electron chi connectivity index (χ2n) is 6.13. The average molecular weight is 274 g/mol. The third kappa shape index (κ3) is 2.41. The zero-order chi connectivity index (χ0) is 14.1. The van der Waals surface area contributed by atoms with Gasteiger partial charge in [0.15, 0.2) is 17.3 Å². The molecule has 1 aromatic carbocycles. The Labute approximate surface area is 120 Å². The van der Waals surface area contributed by atoms with Crippen molar-refractivity contribution in [2.45, 2.75) is 32.1 Å². The largest absolute Gasteiger partial charge is 0.493 e. The van der Waals surface area contributed by atoms with Gasteiger partial charge in [-0.2, -0.15) is 0 Å². The summed E-state index contributed by atoms with van der Waals surface area (Å²) in [7, 11) is 3.21. The highest BCUT2D eigenvalue weighted by atomic mass is 16.5. The van der Waals surface area contributed by atoms with E-state index in [2.05, 4.69) is 0 Å². The Morgan fingerprint density at radius 3 is 2.55 bits per heavy atom. The molecule has 2 aliphatic carbocycles. The molecule has 3 heteroatoms. The molecule has 3 nitrogen and oxygen atoms in total. The summed E-state index contributed by atoms with van der Waals surface area (Å²) in [6.45, 7) is 0. The van der Waals surface area contributed by atoms with Crippen LogP contribution in [-0.4, -0.2) is 20.0 Å². The highest BCUT2D eigenvalue weighted by Crippen LogP contribution is 2.49. The van der Waals surface area contributed by atoms with Gasteiger partial charge >= 0.3 is 0 Å². The predicted molar refractivity (Wildman–Crippen MR) is 77.4 cm³/mol. The quantitative estimate of drug-likeness (QED) is 0.768. The molecule has 0 spiro atoms. The Morgan fingerprint density at radius 1 is 1.15 bits per heavy atom. The lowest BCUT2D eigenvalue weighted by molar-refractivity contribution is 0.0944. The minimum atomic E-state index is 0.239. The third-order valence-corrected chi connectivity index (χ3v) is 5.04. The van der Waals surface area contributed by atoms with Crippen molar-refractivity contribution in [2.75, 3.05) is 14.2 Å². The van der Waals surface area contributed by atoms with Crippen LogP contribution >= 0.6 is 0 Å². The number of hydrogen-bond donors (Lipinski definition) is 0. The fourth-order valence-electron chi connectivity index (χ4n) is 3.99. The standard InChI is InChI=1S/C17H22O3/c1-19-16-6-5-13(10-17(16)20-2)15(18)9-14-8-11-3-4-12(14)7-11/h5-6,10-12,14H,3-4,7-9H2,1-2H3. The maximum Gasteiger partial charge on any atom is 0.163 e. The zero-order valence-electron chi connectivity index (χ0n) is 12.2. The van der Waals surface area contributed by atoms with Gasteiger partial charge in [0.2, 0.25) is 0 Å². The molecule has 0 heterocycles. The van der Waals surface area contributed by atoms with Crippen LogP contribution in [0.15, 0.2) is 18.2 Å². The monoisotopic (exact) mass is 274 g/mol. The van der Waals surface area contributed by atoms with Crippen molar-refractivity contribution in [1.29, 1.82) is 0 Å². The Bertz CT molecular complexity index is 509. The second-order valence-corrected chi connectivity index (χ2v) is 6.13. The molecule has 3 rings (SSSR count). The first kappa shape index (κ1) is 13.5. The van der Waals surface area contributed by atoms with Crippen molar-refractivity contribution in [3.63, 3.8) is 0 Å². The minimum Gasteiger partial charge on any atom is -0.493 e. The highest BCUT2D eigenvalue weighted by Gasteiger charge is 2.40.